The van der Waals surface area contributed by atoms with E-state index in [1.165, 1.54) is 16.7 Å². The Morgan fingerprint density at radius 1 is 1.16 bits per heavy atom. The van der Waals surface area contributed by atoms with Gasteiger partial charge in [-0.3, -0.25) is 9.69 Å². The van der Waals surface area contributed by atoms with Crippen molar-refractivity contribution in [3.05, 3.63) is 65.1 Å². The molecular formula is C18H13NO4S2. The second-order valence-electron chi connectivity index (χ2n) is 5.07. The van der Waals surface area contributed by atoms with Gasteiger partial charge in [0.25, 0.3) is 5.91 Å². The number of nitrogens with zero attached hydrogens (tertiary/aromatic N) is 1. The van der Waals surface area contributed by atoms with E-state index in [1.54, 1.807) is 30.3 Å². The molecular weight excluding hydrogens is 358 g/mol. The fourth-order valence-corrected chi connectivity index (χ4v) is 3.57. The second kappa shape index (κ2) is 7.50. The van der Waals surface area contributed by atoms with Crippen molar-refractivity contribution in [2.24, 2.45) is 0 Å². The van der Waals surface area contributed by atoms with Crippen LogP contribution in [0.4, 0.5) is 5.69 Å². The maximum atomic E-state index is 12.7. The van der Waals surface area contributed by atoms with Crippen molar-refractivity contribution in [2.45, 2.75) is 0 Å². The Bertz CT molecular complexity index is 864. The molecule has 0 spiro atoms. The van der Waals surface area contributed by atoms with Gasteiger partial charge in [-0.25, -0.2) is 4.79 Å². The molecule has 7 heteroatoms. The van der Waals surface area contributed by atoms with Crippen LogP contribution < -0.4 is 9.64 Å². The summed E-state index contributed by atoms with van der Waals surface area (Å²) in [5.74, 6) is -0.880. The Hall–Kier alpha value is -2.64. The molecule has 1 amide bonds. The monoisotopic (exact) mass is 371 g/mol. The Balaban J connectivity index is 1.89. The van der Waals surface area contributed by atoms with E-state index in [9.17, 15) is 9.59 Å². The number of thiocarbonyl (C=S) groups is 1. The van der Waals surface area contributed by atoms with E-state index in [0.29, 0.717) is 26.2 Å². The van der Waals surface area contributed by atoms with Crippen LogP contribution in [0.3, 0.4) is 0 Å². The van der Waals surface area contributed by atoms with Gasteiger partial charge >= 0.3 is 5.97 Å². The molecule has 3 rings (SSSR count). The summed E-state index contributed by atoms with van der Waals surface area (Å²) in [5, 5.41) is 8.77. The molecule has 126 valence electrons. The average molecular weight is 371 g/mol. The smallest absolute Gasteiger partial charge is 0.341 e. The molecule has 2 aromatic rings. The van der Waals surface area contributed by atoms with Gasteiger partial charge < -0.3 is 9.84 Å². The topological polar surface area (TPSA) is 66.8 Å². The summed E-state index contributed by atoms with van der Waals surface area (Å²) < 4.78 is 5.72. The maximum absolute atomic E-state index is 12.7. The van der Waals surface area contributed by atoms with Crippen molar-refractivity contribution in [3.8, 4) is 5.75 Å². The minimum Gasteiger partial charge on any atom is -0.481 e. The lowest BCUT2D eigenvalue weighted by Gasteiger charge is -2.13. The molecule has 5 nitrogen and oxygen atoms in total. The van der Waals surface area contributed by atoms with Crippen molar-refractivity contribution in [1.82, 2.24) is 0 Å². The summed E-state index contributed by atoms with van der Waals surface area (Å²) >= 11 is 6.53. The van der Waals surface area contributed by atoms with Crippen molar-refractivity contribution >= 4 is 51.9 Å². The predicted molar refractivity (Wildman–Crippen MR) is 102 cm³/mol. The second-order valence-corrected chi connectivity index (χ2v) is 6.75. The average Bonchev–Trinajstić information content (AvgIpc) is 2.88. The number of rotatable bonds is 5. The van der Waals surface area contributed by atoms with Gasteiger partial charge in [-0.1, -0.05) is 60.4 Å². The van der Waals surface area contributed by atoms with Gasteiger partial charge in [-0.15, -0.1) is 0 Å². The number of carboxylic acid groups (broad SMARTS) is 1. The number of aliphatic carboxylic acids is 1. The molecule has 25 heavy (non-hydrogen) atoms. The van der Waals surface area contributed by atoms with Gasteiger partial charge in [0, 0.05) is 5.56 Å². The Kier molecular flexibility index (Phi) is 5.16. The zero-order valence-electron chi connectivity index (χ0n) is 12.9. The number of carbonyl (C=O) groups excluding carboxylic acids is 1. The normalized spacial score (nSPS) is 15.7. The van der Waals surface area contributed by atoms with Gasteiger partial charge in [0.1, 0.15) is 5.75 Å². The van der Waals surface area contributed by atoms with Gasteiger partial charge in [0.05, 0.1) is 10.6 Å². The molecule has 2 aromatic carbocycles. The minimum atomic E-state index is -1.06. The van der Waals surface area contributed by atoms with Crippen LogP contribution in [0.15, 0.2) is 59.5 Å². The number of carboxylic acids is 1. The van der Waals surface area contributed by atoms with Crippen molar-refractivity contribution < 1.29 is 19.4 Å². The summed E-state index contributed by atoms with van der Waals surface area (Å²) in [6, 6.07) is 16.1. The molecule has 1 aliphatic rings. The van der Waals surface area contributed by atoms with Crippen LogP contribution in [0.1, 0.15) is 5.56 Å². The number of hydrogen-bond donors (Lipinski definition) is 1. The summed E-state index contributed by atoms with van der Waals surface area (Å²) in [7, 11) is 0. The summed E-state index contributed by atoms with van der Waals surface area (Å²) in [6.07, 6.45) is 1.67. The van der Waals surface area contributed by atoms with E-state index in [4.69, 9.17) is 22.1 Å². The molecule has 0 aliphatic carbocycles. The highest BCUT2D eigenvalue weighted by molar-refractivity contribution is 8.27. The van der Waals surface area contributed by atoms with Crippen LogP contribution in [0.2, 0.25) is 0 Å². The fraction of sp³-hybridized carbons (Fsp3) is 0.0556. The number of hydrogen-bond acceptors (Lipinski definition) is 5. The zero-order chi connectivity index (χ0) is 17.8. The van der Waals surface area contributed by atoms with E-state index in [2.05, 4.69) is 0 Å². The van der Waals surface area contributed by atoms with Gasteiger partial charge in [-0.2, -0.15) is 0 Å². The van der Waals surface area contributed by atoms with Gasteiger partial charge in [0.2, 0.25) is 0 Å². The standard InChI is InChI=1S/C18H13NO4S2/c20-16(21)11-23-14-9-5-4-6-12(14)10-15-17(22)19(18(24)25-15)13-7-2-1-3-8-13/h1-10H,11H2,(H,20,21). The molecule has 1 N–H and O–H groups in total. The van der Waals surface area contributed by atoms with Crippen LogP contribution in [-0.2, 0) is 9.59 Å². The summed E-state index contributed by atoms with van der Waals surface area (Å²) in [4.78, 5) is 25.4. The van der Waals surface area contributed by atoms with Crippen LogP contribution >= 0.6 is 24.0 Å². The maximum Gasteiger partial charge on any atom is 0.341 e. The van der Waals surface area contributed by atoms with E-state index in [0.717, 1.165) is 0 Å². The van der Waals surface area contributed by atoms with Gasteiger partial charge in [0.15, 0.2) is 10.9 Å². The van der Waals surface area contributed by atoms with Crippen LogP contribution in [0.5, 0.6) is 5.75 Å². The third-order valence-corrected chi connectivity index (χ3v) is 4.67. The molecule has 1 fully saturated rings. The number of benzene rings is 2. The van der Waals surface area contributed by atoms with Crippen molar-refractivity contribution in [3.63, 3.8) is 0 Å². The first kappa shape index (κ1) is 17.2. The first-order chi connectivity index (χ1) is 12.1. The number of anilines is 1. The third kappa shape index (κ3) is 3.89. The van der Waals surface area contributed by atoms with Crippen molar-refractivity contribution in [1.29, 1.82) is 0 Å². The lowest BCUT2D eigenvalue weighted by atomic mass is 10.2. The van der Waals surface area contributed by atoms with E-state index < -0.39 is 12.6 Å². The van der Waals surface area contributed by atoms with Crippen molar-refractivity contribution in [2.75, 3.05) is 11.5 Å². The van der Waals surface area contributed by atoms with Crippen LogP contribution in [-0.4, -0.2) is 27.9 Å². The minimum absolute atomic E-state index is 0.214. The molecule has 0 radical (unpaired) electrons. The Morgan fingerprint density at radius 3 is 2.56 bits per heavy atom. The molecule has 0 atom stereocenters. The summed E-state index contributed by atoms with van der Waals surface area (Å²) in [5.41, 5.74) is 1.33. The molecule has 1 heterocycles. The SMILES string of the molecule is O=C(O)COc1ccccc1C=C1SC(=S)N(c2ccccc2)C1=O. The molecule has 1 saturated heterocycles. The summed E-state index contributed by atoms with van der Waals surface area (Å²) in [6.45, 7) is -0.449. The molecule has 1 aliphatic heterocycles. The highest BCUT2D eigenvalue weighted by atomic mass is 32.2. The number of amides is 1. The fourth-order valence-electron chi connectivity index (χ4n) is 2.28. The zero-order valence-corrected chi connectivity index (χ0v) is 14.5. The quantitative estimate of drug-likeness (QED) is 0.640. The third-order valence-electron chi connectivity index (χ3n) is 3.36. The lowest BCUT2D eigenvalue weighted by molar-refractivity contribution is -0.139. The highest BCUT2D eigenvalue weighted by Crippen LogP contribution is 2.36. The molecule has 0 unspecified atom stereocenters. The number of thioether (sulfide) groups is 1. The van der Waals surface area contributed by atoms with E-state index in [-0.39, 0.29) is 5.91 Å². The Morgan fingerprint density at radius 2 is 1.84 bits per heavy atom. The first-order valence-corrected chi connectivity index (χ1v) is 8.55. The number of ether oxygens (including phenoxy) is 1. The van der Waals surface area contributed by atoms with E-state index in [1.807, 2.05) is 30.3 Å². The highest BCUT2D eigenvalue weighted by Gasteiger charge is 2.33. The predicted octanol–water partition coefficient (Wildman–Crippen LogP) is 3.56. The molecule has 0 saturated carbocycles. The first-order valence-electron chi connectivity index (χ1n) is 7.33. The number of para-hydroxylation sites is 2. The number of carbonyl (C=O) groups is 2. The van der Waals surface area contributed by atoms with E-state index >= 15 is 0 Å². The molecule has 0 aromatic heterocycles. The van der Waals surface area contributed by atoms with Crippen LogP contribution in [0, 0.1) is 0 Å². The lowest BCUT2D eigenvalue weighted by Crippen LogP contribution is -2.27. The van der Waals surface area contributed by atoms with Crippen LogP contribution in [0.25, 0.3) is 6.08 Å². The largest absolute Gasteiger partial charge is 0.481 e. The molecule has 0 bridgehead atoms. The Labute approximate surface area is 153 Å². The van der Waals surface area contributed by atoms with Gasteiger partial charge in [-0.05, 0) is 24.3 Å².